The van der Waals surface area contributed by atoms with Gasteiger partial charge in [0, 0.05) is 36.6 Å². The molecule has 4 rings (SSSR count). The molecule has 2 aliphatic rings. The highest BCUT2D eigenvalue weighted by molar-refractivity contribution is 5.33. The Morgan fingerprint density at radius 2 is 1.88 bits per heavy atom. The van der Waals surface area contributed by atoms with Crippen LogP contribution in [0.3, 0.4) is 0 Å². The van der Waals surface area contributed by atoms with Crippen molar-refractivity contribution in [3.63, 3.8) is 0 Å². The SMILES string of the molecule is N#Cc1cncc(C2(O)CC3CCC(C2)N3Cc2ccccc2)c1. The van der Waals surface area contributed by atoms with Crippen LogP contribution in [0.1, 0.15) is 42.4 Å². The lowest BCUT2D eigenvalue weighted by Crippen LogP contribution is -2.49. The smallest absolute Gasteiger partial charge is 0.101 e. The summed E-state index contributed by atoms with van der Waals surface area (Å²) in [4.78, 5) is 6.68. The van der Waals surface area contributed by atoms with E-state index < -0.39 is 5.60 Å². The second kappa shape index (κ2) is 6.01. The zero-order chi connectivity index (χ0) is 16.6. The third-order valence-electron chi connectivity index (χ3n) is 5.53. The number of aliphatic hydroxyl groups is 1. The lowest BCUT2D eigenvalue weighted by molar-refractivity contribution is -0.0597. The Labute approximate surface area is 142 Å². The molecule has 0 spiro atoms. The zero-order valence-electron chi connectivity index (χ0n) is 13.6. The number of nitriles is 1. The molecule has 2 saturated heterocycles. The van der Waals surface area contributed by atoms with E-state index in [2.05, 4.69) is 40.2 Å². The fourth-order valence-electron chi connectivity index (χ4n) is 4.36. The quantitative estimate of drug-likeness (QED) is 0.945. The summed E-state index contributed by atoms with van der Waals surface area (Å²) >= 11 is 0. The molecule has 2 unspecified atom stereocenters. The van der Waals surface area contributed by atoms with Crippen LogP contribution in [0, 0.1) is 11.3 Å². The van der Waals surface area contributed by atoms with Gasteiger partial charge in [0.15, 0.2) is 0 Å². The number of nitrogens with zero attached hydrogens (tertiary/aromatic N) is 3. The van der Waals surface area contributed by atoms with E-state index in [4.69, 9.17) is 5.26 Å². The number of rotatable bonds is 3. The molecule has 2 atom stereocenters. The highest BCUT2D eigenvalue weighted by Gasteiger charge is 2.48. The van der Waals surface area contributed by atoms with Crippen LogP contribution in [0.25, 0.3) is 0 Å². The maximum absolute atomic E-state index is 11.3. The molecular weight excluding hydrogens is 298 g/mol. The van der Waals surface area contributed by atoms with Crippen molar-refractivity contribution in [2.45, 2.75) is 49.9 Å². The molecule has 2 aromatic rings. The van der Waals surface area contributed by atoms with Crippen molar-refractivity contribution in [2.75, 3.05) is 0 Å². The van der Waals surface area contributed by atoms with Gasteiger partial charge in [-0.25, -0.2) is 0 Å². The first-order chi connectivity index (χ1) is 11.7. The number of pyridine rings is 1. The fourth-order valence-corrected chi connectivity index (χ4v) is 4.36. The Morgan fingerprint density at radius 1 is 1.17 bits per heavy atom. The van der Waals surface area contributed by atoms with Crippen LogP contribution < -0.4 is 0 Å². The summed E-state index contributed by atoms with van der Waals surface area (Å²) in [6.45, 7) is 0.947. The third kappa shape index (κ3) is 2.71. The lowest BCUT2D eigenvalue weighted by Gasteiger charge is -2.44. The number of benzene rings is 1. The van der Waals surface area contributed by atoms with E-state index in [0.717, 1.165) is 24.9 Å². The minimum atomic E-state index is -0.862. The standard InChI is InChI=1S/C20H21N3O/c21-11-16-8-17(13-22-12-16)20(24)9-18-6-7-19(10-20)23(18)14-15-4-2-1-3-5-15/h1-5,8,12-13,18-19,24H,6-7,9-10,14H2. The number of aromatic nitrogens is 1. The molecular formula is C20H21N3O. The molecule has 122 valence electrons. The van der Waals surface area contributed by atoms with E-state index in [1.807, 2.05) is 6.07 Å². The summed E-state index contributed by atoms with van der Waals surface area (Å²) in [5.41, 5.74) is 1.77. The first-order valence-corrected chi connectivity index (χ1v) is 8.56. The van der Waals surface area contributed by atoms with Crippen molar-refractivity contribution in [2.24, 2.45) is 0 Å². The number of hydrogen-bond acceptors (Lipinski definition) is 4. The monoisotopic (exact) mass is 319 g/mol. The van der Waals surface area contributed by atoms with Crippen molar-refractivity contribution < 1.29 is 5.11 Å². The summed E-state index contributed by atoms with van der Waals surface area (Å²) in [5, 5.41) is 20.3. The van der Waals surface area contributed by atoms with Gasteiger partial charge in [-0.1, -0.05) is 30.3 Å². The Bertz CT molecular complexity index is 754. The molecule has 4 nitrogen and oxygen atoms in total. The van der Waals surface area contributed by atoms with Gasteiger partial charge in [-0.15, -0.1) is 0 Å². The van der Waals surface area contributed by atoms with E-state index >= 15 is 0 Å². The molecule has 2 bridgehead atoms. The molecule has 0 radical (unpaired) electrons. The van der Waals surface area contributed by atoms with Gasteiger partial charge >= 0.3 is 0 Å². The van der Waals surface area contributed by atoms with Crippen LogP contribution in [0.2, 0.25) is 0 Å². The number of piperidine rings is 1. The topological polar surface area (TPSA) is 60.1 Å². The van der Waals surface area contributed by atoms with Gasteiger partial charge in [-0.2, -0.15) is 5.26 Å². The summed E-state index contributed by atoms with van der Waals surface area (Å²) in [7, 11) is 0. The predicted octanol–water partition coefficient (Wildman–Crippen LogP) is 2.97. The van der Waals surface area contributed by atoms with E-state index in [9.17, 15) is 5.11 Å². The molecule has 3 heterocycles. The molecule has 1 aromatic heterocycles. The van der Waals surface area contributed by atoms with Crippen molar-refractivity contribution >= 4 is 0 Å². The molecule has 0 aliphatic carbocycles. The van der Waals surface area contributed by atoms with Gasteiger partial charge in [0.2, 0.25) is 0 Å². The number of fused-ring (bicyclic) bond motifs is 2. The Kier molecular flexibility index (Phi) is 3.84. The van der Waals surface area contributed by atoms with Gasteiger partial charge < -0.3 is 5.11 Å². The highest BCUT2D eigenvalue weighted by Crippen LogP contribution is 2.46. The van der Waals surface area contributed by atoms with Crippen LogP contribution in [0.5, 0.6) is 0 Å². The molecule has 1 N–H and O–H groups in total. The second-order valence-electron chi connectivity index (χ2n) is 7.06. The van der Waals surface area contributed by atoms with Crippen LogP contribution in [0.15, 0.2) is 48.8 Å². The van der Waals surface area contributed by atoms with Crippen molar-refractivity contribution in [3.05, 3.63) is 65.5 Å². The molecule has 0 amide bonds. The lowest BCUT2D eigenvalue weighted by atomic mass is 9.80. The van der Waals surface area contributed by atoms with Gasteiger partial charge in [0.25, 0.3) is 0 Å². The second-order valence-corrected chi connectivity index (χ2v) is 7.06. The van der Waals surface area contributed by atoms with E-state index in [0.29, 0.717) is 30.5 Å². The van der Waals surface area contributed by atoms with Crippen molar-refractivity contribution in [3.8, 4) is 6.07 Å². The Balaban J connectivity index is 1.56. The third-order valence-corrected chi connectivity index (χ3v) is 5.53. The van der Waals surface area contributed by atoms with E-state index in [-0.39, 0.29) is 0 Å². The van der Waals surface area contributed by atoms with Crippen molar-refractivity contribution in [1.29, 1.82) is 5.26 Å². The first kappa shape index (κ1) is 15.3. The summed E-state index contributed by atoms with van der Waals surface area (Å²) in [5.74, 6) is 0. The predicted molar refractivity (Wildman–Crippen MR) is 90.9 cm³/mol. The normalized spacial score (nSPS) is 29.3. The van der Waals surface area contributed by atoms with Gasteiger partial charge in [0.1, 0.15) is 6.07 Å². The van der Waals surface area contributed by atoms with Gasteiger partial charge in [0.05, 0.1) is 11.2 Å². The average Bonchev–Trinajstić information content (AvgIpc) is 2.86. The summed E-state index contributed by atoms with van der Waals surface area (Å²) in [6, 6.07) is 15.2. The minimum absolute atomic E-state index is 0.389. The van der Waals surface area contributed by atoms with Crippen LogP contribution in [0.4, 0.5) is 0 Å². The fraction of sp³-hybridized carbons (Fsp3) is 0.400. The molecule has 0 saturated carbocycles. The van der Waals surface area contributed by atoms with Gasteiger partial charge in [-0.3, -0.25) is 9.88 Å². The van der Waals surface area contributed by atoms with Crippen molar-refractivity contribution in [1.82, 2.24) is 9.88 Å². The Hall–Kier alpha value is -2.22. The first-order valence-electron chi connectivity index (χ1n) is 8.56. The number of hydrogen-bond donors (Lipinski definition) is 1. The van der Waals surface area contributed by atoms with Crippen LogP contribution in [-0.4, -0.2) is 27.1 Å². The molecule has 24 heavy (non-hydrogen) atoms. The molecule has 2 aliphatic heterocycles. The molecule has 4 heteroatoms. The van der Waals surface area contributed by atoms with Gasteiger partial charge in [-0.05, 0) is 37.3 Å². The van der Waals surface area contributed by atoms with Crippen LogP contribution >= 0.6 is 0 Å². The van der Waals surface area contributed by atoms with E-state index in [1.165, 1.54) is 5.56 Å². The van der Waals surface area contributed by atoms with E-state index in [1.54, 1.807) is 18.5 Å². The zero-order valence-corrected chi connectivity index (χ0v) is 13.6. The summed E-state index contributed by atoms with van der Waals surface area (Å²) in [6.07, 6.45) is 6.95. The highest BCUT2D eigenvalue weighted by atomic mass is 16.3. The maximum atomic E-state index is 11.3. The van der Waals surface area contributed by atoms with Crippen LogP contribution in [-0.2, 0) is 12.1 Å². The maximum Gasteiger partial charge on any atom is 0.101 e. The summed E-state index contributed by atoms with van der Waals surface area (Å²) < 4.78 is 0. The minimum Gasteiger partial charge on any atom is -0.385 e. The molecule has 1 aromatic carbocycles. The Morgan fingerprint density at radius 3 is 2.54 bits per heavy atom. The largest absolute Gasteiger partial charge is 0.385 e. The average molecular weight is 319 g/mol. The molecule has 2 fully saturated rings.